The highest BCUT2D eigenvalue weighted by Gasteiger charge is 2.06. The Morgan fingerprint density at radius 3 is 2.26 bits per heavy atom. The molecule has 2 aromatic carbocycles. The molecule has 0 fully saturated rings. The van der Waals surface area contributed by atoms with Crippen LogP contribution in [0, 0.1) is 0 Å². The van der Waals surface area contributed by atoms with Crippen molar-refractivity contribution in [2.75, 3.05) is 11.9 Å². The summed E-state index contributed by atoms with van der Waals surface area (Å²) in [5, 5.41) is 0. The molecule has 98 valence electrons. The zero-order valence-corrected chi connectivity index (χ0v) is 12.6. The minimum atomic E-state index is 0.665. The van der Waals surface area contributed by atoms with Crippen molar-refractivity contribution < 1.29 is 4.79 Å². The van der Waals surface area contributed by atoms with Crippen LogP contribution >= 0.6 is 15.9 Å². The SMILES string of the molecule is CCc1ccc(N(C)c2ccc(C=O)c(Br)c2)cc1. The van der Waals surface area contributed by atoms with Crippen molar-refractivity contribution in [2.24, 2.45) is 0 Å². The third-order valence-electron chi connectivity index (χ3n) is 3.23. The molecule has 0 atom stereocenters. The molecule has 0 bridgehead atoms. The number of aryl methyl sites for hydroxylation is 1. The van der Waals surface area contributed by atoms with Gasteiger partial charge in [-0.15, -0.1) is 0 Å². The fourth-order valence-electron chi connectivity index (χ4n) is 1.92. The van der Waals surface area contributed by atoms with Gasteiger partial charge in [0, 0.05) is 28.5 Å². The van der Waals surface area contributed by atoms with E-state index in [0.717, 1.165) is 28.6 Å². The first kappa shape index (κ1) is 13.8. The lowest BCUT2D eigenvalue weighted by molar-refractivity contribution is 0.112. The fraction of sp³-hybridized carbons (Fsp3) is 0.188. The molecule has 0 saturated carbocycles. The molecule has 0 aliphatic heterocycles. The van der Waals surface area contributed by atoms with Gasteiger partial charge in [-0.3, -0.25) is 4.79 Å². The van der Waals surface area contributed by atoms with E-state index in [9.17, 15) is 4.79 Å². The summed E-state index contributed by atoms with van der Waals surface area (Å²) in [4.78, 5) is 12.9. The van der Waals surface area contributed by atoms with Gasteiger partial charge in [0.1, 0.15) is 0 Å². The van der Waals surface area contributed by atoms with Gasteiger partial charge in [-0.1, -0.05) is 19.1 Å². The molecule has 19 heavy (non-hydrogen) atoms. The van der Waals surface area contributed by atoms with Gasteiger partial charge in [-0.05, 0) is 58.2 Å². The Hall–Kier alpha value is -1.61. The first-order valence-corrected chi connectivity index (χ1v) is 7.02. The lowest BCUT2D eigenvalue weighted by atomic mass is 10.1. The molecular formula is C16H16BrNO. The molecule has 0 heterocycles. The van der Waals surface area contributed by atoms with Crippen LogP contribution in [0.25, 0.3) is 0 Å². The average molecular weight is 318 g/mol. The molecule has 2 rings (SSSR count). The number of carbonyl (C=O) groups excluding carboxylic acids is 1. The standard InChI is InChI=1S/C16H16BrNO/c1-3-12-4-7-14(8-5-12)18(2)15-9-6-13(11-19)16(17)10-15/h4-11H,3H2,1-2H3. The average Bonchev–Trinajstić information content (AvgIpc) is 2.46. The maximum Gasteiger partial charge on any atom is 0.151 e. The second-order valence-electron chi connectivity index (χ2n) is 4.40. The van der Waals surface area contributed by atoms with Crippen molar-refractivity contribution in [1.29, 1.82) is 0 Å². The third-order valence-corrected chi connectivity index (χ3v) is 3.92. The quantitative estimate of drug-likeness (QED) is 0.768. The summed E-state index contributed by atoms with van der Waals surface area (Å²) in [5.41, 5.74) is 4.16. The normalized spacial score (nSPS) is 10.3. The largest absolute Gasteiger partial charge is 0.345 e. The van der Waals surface area contributed by atoms with E-state index >= 15 is 0 Å². The van der Waals surface area contributed by atoms with Crippen molar-refractivity contribution in [3.05, 3.63) is 58.1 Å². The van der Waals surface area contributed by atoms with Gasteiger partial charge >= 0.3 is 0 Å². The fourth-order valence-corrected chi connectivity index (χ4v) is 2.38. The number of hydrogen-bond donors (Lipinski definition) is 0. The molecule has 0 aromatic heterocycles. The molecule has 0 amide bonds. The van der Waals surface area contributed by atoms with Crippen LogP contribution in [0.1, 0.15) is 22.8 Å². The maximum absolute atomic E-state index is 10.8. The molecule has 0 aliphatic rings. The summed E-state index contributed by atoms with van der Waals surface area (Å²) in [6.45, 7) is 2.15. The van der Waals surface area contributed by atoms with Crippen LogP contribution < -0.4 is 4.90 Å². The second kappa shape index (κ2) is 6.02. The first-order valence-electron chi connectivity index (χ1n) is 6.23. The van der Waals surface area contributed by atoms with Gasteiger partial charge in [0.15, 0.2) is 6.29 Å². The van der Waals surface area contributed by atoms with Crippen LogP contribution in [-0.4, -0.2) is 13.3 Å². The summed E-state index contributed by atoms with van der Waals surface area (Å²) in [6.07, 6.45) is 1.90. The Morgan fingerprint density at radius 1 is 1.11 bits per heavy atom. The zero-order chi connectivity index (χ0) is 13.8. The molecular weight excluding hydrogens is 302 g/mol. The van der Waals surface area contributed by atoms with Crippen LogP contribution in [0.2, 0.25) is 0 Å². The maximum atomic E-state index is 10.8. The summed E-state index contributed by atoms with van der Waals surface area (Å²) in [7, 11) is 2.02. The number of halogens is 1. The summed E-state index contributed by atoms with van der Waals surface area (Å²) < 4.78 is 0.817. The number of hydrogen-bond acceptors (Lipinski definition) is 2. The highest BCUT2D eigenvalue weighted by atomic mass is 79.9. The molecule has 0 unspecified atom stereocenters. The minimum Gasteiger partial charge on any atom is -0.345 e. The molecule has 0 aliphatic carbocycles. The summed E-state index contributed by atoms with van der Waals surface area (Å²) in [6, 6.07) is 14.2. The predicted octanol–water partition coefficient (Wildman–Crippen LogP) is 4.59. The molecule has 2 aromatic rings. The lowest BCUT2D eigenvalue weighted by Crippen LogP contribution is -2.09. The van der Waals surface area contributed by atoms with Gasteiger partial charge in [0.25, 0.3) is 0 Å². The molecule has 0 spiro atoms. The van der Waals surface area contributed by atoms with E-state index in [1.807, 2.05) is 25.2 Å². The number of aldehydes is 1. The van der Waals surface area contributed by atoms with Crippen molar-refractivity contribution in [3.8, 4) is 0 Å². The van der Waals surface area contributed by atoms with E-state index in [-0.39, 0.29) is 0 Å². The Bertz CT molecular complexity index is 578. The van der Waals surface area contributed by atoms with E-state index in [1.165, 1.54) is 5.56 Å². The van der Waals surface area contributed by atoms with Crippen molar-refractivity contribution in [3.63, 3.8) is 0 Å². The van der Waals surface area contributed by atoms with Gasteiger partial charge in [-0.25, -0.2) is 0 Å². The van der Waals surface area contributed by atoms with Crippen LogP contribution in [-0.2, 0) is 6.42 Å². The van der Waals surface area contributed by atoms with Crippen LogP contribution in [0.15, 0.2) is 46.9 Å². The summed E-state index contributed by atoms with van der Waals surface area (Å²) >= 11 is 3.41. The smallest absolute Gasteiger partial charge is 0.151 e. The third kappa shape index (κ3) is 3.04. The second-order valence-corrected chi connectivity index (χ2v) is 5.26. The highest BCUT2D eigenvalue weighted by molar-refractivity contribution is 9.10. The first-order chi connectivity index (χ1) is 9.15. The molecule has 2 nitrogen and oxygen atoms in total. The molecule has 0 N–H and O–H groups in total. The predicted molar refractivity (Wildman–Crippen MR) is 83.4 cm³/mol. The van der Waals surface area contributed by atoms with Crippen molar-refractivity contribution in [1.82, 2.24) is 0 Å². The van der Waals surface area contributed by atoms with Gasteiger partial charge in [-0.2, -0.15) is 0 Å². The Kier molecular flexibility index (Phi) is 4.38. The number of nitrogens with zero attached hydrogens (tertiary/aromatic N) is 1. The molecule has 3 heteroatoms. The summed E-state index contributed by atoms with van der Waals surface area (Å²) in [5.74, 6) is 0. The Morgan fingerprint density at radius 2 is 1.74 bits per heavy atom. The minimum absolute atomic E-state index is 0.665. The van der Waals surface area contributed by atoms with Crippen molar-refractivity contribution >= 4 is 33.6 Å². The van der Waals surface area contributed by atoms with E-state index in [0.29, 0.717) is 5.56 Å². The number of carbonyl (C=O) groups is 1. The number of rotatable bonds is 4. The monoisotopic (exact) mass is 317 g/mol. The Labute approximate surface area is 122 Å². The van der Waals surface area contributed by atoms with Gasteiger partial charge in [0.05, 0.1) is 0 Å². The lowest BCUT2D eigenvalue weighted by Gasteiger charge is -2.20. The van der Waals surface area contributed by atoms with Crippen LogP contribution in [0.5, 0.6) is 0 Å². The topological polar surface area (TPSA) is 20.3 Å². The zero-order valence-electron chi connectivity index (χ0n) is 11.1. The molecule has 0 saturated heterocycles. The van der Waals surface area contributed by atoms with E-state index in [2.05, 4.69) is 52.0 Å². The highest BCUT2D eigenvalue weighted by Crippen LogP contribution is 2.28. The molecule has 0 radical (unpaired) electrons. The van der Waals surface area contributed by atoms with Gasteiger partial charge in [0.2, 0.25) is 0 Å². The van der Waals surface area contributed by atoms with E-state index in [4.69, 9.17) is 0 Å². The van der Waals surface area contributed by atoms with E-state index < -0.39 is 0 Å². The van der Waals surface area contributed by atoms with Gasteiger partial charge < -0.3 is 4.90 Å². The van der Waals surface area contributed by atoms with E-state index in [1.54, 1.807) is 0 Å². The van der Waals surface area contributed by atoms with Crippen molar-refractivity contribution in [2.45, 2.75) is 13.3 Å². The van der Waals surface area contributed by atoms with Crippen LogP contribution in [0.3, 0.4) is 0 Å². The Balaban J connectivity index is 2.29. The number of benzene rings is 2. The number of anilines is 2. The van der Waals surface area contributed by atoms with Crippen LogP contribution in [0.4, 0.5) is 11.4 Å².